The molecule has 2 aliphatic rings. The molecule has 1 saturated heterocycles. The number of likely N-dealkylation sites (tertiary alicyclic amines) is 1. The van der Waals surface area contributed by atoms with Gasteiger partial charge in [-0.2, -0.15) is 0 Å². The lowest BCUT2D eigenvalue weighted by Gasteiger charge is -2.39. The predicted molar refractivity (Wildman–Crippen MR) is 165 cm³/mol. The van der Waals surface area contributed by atoms with Gasteiger partial charge in [-0.15, -0.1) is 0 Å². The molecule has 216 valence electrons. The Hall–Kier alpha value is -4.25. The summed E-state index contributed by atoms with van der Waals surface area (Å²) < 4.78 is 17.8. The highest BCUT2D eigenvalue weighted by Crippen LogP contribution is 2.47. The summed E-state index contributed by atoms with van der Waals surface area (Å²) in [5.41, 5.74) is 6.04. The number of carbonyl (C=O) groups excluding carboxylic acids is 1. The van der Waals surface area contributed by atoms with E-state index in [1.165, 1.54) is 27.8 Å². The predicted octanol–water partition coefficient (Wildman–Crippen LogP) is 8.13. The van der Waals surface area contributed by atoms with Crippen LogP contribution in [-0.2, 0) is 17.8 Å². The van der Waals surface area contributed by atoms with E-state index in [-0.39, 0.29) is 18.1 Å². The summed E-state index contributed by atoms with van der Waals surface area (Å²) >= 11 is 0. The molecule has 6 rings (SSSR count). The zero-order valence-corrected chi connectivity index (χ0v) is 24.7. The highest BCUT2D eigenvalue weighted by molar-refractivity contribution is 5.69. The van der Waals surface area contributed by atoms with E-state index in [0.717, 1.165) is 24.3 Å². The Bertz CT molecular complexity index is 1490. The minimum absolute atomic E-state index is 0.0230. The lowest BCUT2D eigenvalue weighted by molar-refractivity contribution is -0.0221. The SMILES string of the molecule is CC(C)(C)OC(=O)N1CC(Oc2ccc([C@@H]3c4ccc(OCc5ccccc5)cc4CCC3c3ccccc3)cc2)C1. The van der Waals surface area contributed by atoms with Crippen molar-refractivity contribution in [1.82, 2.24) is 4.90 Å². The van der Waals surface area contributed by atoms with Crippen molar-refractivity contribution in [2.24, 2.45) is 0 Å². The maximum absolute atomic E-state index is 12.3. The van der Waals surface area contributed by atoms with Gasteiger partial charge >= 0.3 is 6.09 Å². The zero-order chi connectivity index (χ0) is 29.1. The molecule has 1 unspecified atom stereocenters. The van der Waals surface area contributed by atoms with E-state index in [9.17, 15) is 4.79 Å². The lowest BCUT2D eigenvalue weighted by atomic mass is 9.69. The fourth-order valence-electron chi connectivity index (χ4n) is 6.03. The Morgan fingerprint density at radius 2 is 1.48 bits per heavy atom. The molecule has 1 aliphatic heterocycles. The van der Waals surface area contributed by atoms with Crippen LogP contribution in [0.15, 0.2) is 103 Å². The molecule has 4 aromatic rings. The average Bonchev–Trinajstić information content (AvgIpc) is 2.97. The fourth-order valence-corrected chi connectivity index (χ4v) is 6.03. The van der Waals surface area contributed by atoms with E-state index in [1.54, 1.807) is 4.90 Å². The van der Waals surface area contributed by atoms with Gasteiger partial charge in [0.05, 0.1) is 13.1 Å². The smallest absolute Gasteiger partial charge is 0.410 e. The number of hydrogen-bond acceptors (Lipinski definition) is 4. The number of benzene rings is 4. The molecule has 0 N–H and O–H groups in total. The number of nitrogens with zero attached hydrogens (tertiary/aromatic N) is 1. The Labute approximate surface area is 249 Å². The van der Waals surface area contributed by atoms with Gasteiger partial charge in [-0.3, -0.25) is 0 Å². The molecule has 0 bridgehead atoms. The normalized spacial score (nSPS) is 18.5. The van der Waals surface area contributed by atoms with Crippen molar-refractivity contribution in [2.75, 3.05) is 13.1 Å². The molecule has 2 atom stereocenters. The highest BCUT2D eigenvalue weighted by Gasteiger charge is 2.36. The van der Waals surface area contributed by atoms with Crippen molar-refractivity contribution in [3.8, 4) is 11.5 Å². The number of carbonyl (C=O) groups is 1. The quantitative estimate of drug-likeness (QED) is 0.229. The number of fused-ring (bicyclic) bond motifs is 1. The number of hydrogen-bond donors (Lipinski definition) is 0. The van der Waals surface area contributed by atoms with E-state index in [0.29, 0.717) is 25.6 Å². The number of ether oxygens (including phenoxy) is 3. The third-order valence-corrected chi connectivity index (χ3v) is 8.09. The molecular formula is C37H39NO4. The summed E-state index contributed by atoms with van der Waals surface area (Å²) in [6.45, 7) is 7.28. The molecule has 5 heteroatoms. The van der Waals surface area contributed by atoms with Gasteiger partial charge in [0.2, 0.25) is 0 Å². The first-order valence-corrected chi connectivity index (χ1v) is 14.9. The van der Waals surface area contributed by atoms with Gasteiger partial charge in [-0.05, 0) is 91.6 Å². The summed E-state index contributed by atoms with van der Waals surface area (Å²) in [5.74, 6) is 2.36. The van der Waals surface area contributed by atoms with Gasteiger partial charge < -0.3 is 19.1 Å². The first-order valence-electron chi connectivity index (χ1n) is 14.9. The molecule has 1 amide bonds. The molecule has 1 aliphatic carbocycles. The summed E-state index contributed by atoms with van der Waals surface area (Å²) in [5, 5.41) is 0. The van der Waals surface area contributed by atoms with Gasteiger partial charge in [0.1, 0.15) is 29.8 Å². The van der Waals surface area contributed by atoms with Gasteiger partial charge in [0.15, 0.2) is 0 Å². The van der Waals surface area contributed by atoms with Gasteiger partial charge in [-0.25, -0.2) is 4.79 Å². The van der Waals surface area contributed by atoms with Crippen LogP contribution < -0.4 is 9.47 Å². The van der Waals surface area contributed by atoms with Gasteiger partial charge in [-0.1, -0.05) is 78.9 Å². The van der Waals surface area contributed by atoms with Crippen LogP contribution in [0.25, 0.3) is 0 Å². The number of rotatable bonds is 7. The van der Waals surface area contributed by atoms with Crippen molar-refractivity contribution in [2.45, 2.75) is 63.8 Å². The molecule has 0 spiro atoms. The maximum atomic E-state index is 12.3. The first-order chi connectivity index (χ1) is 20.3. The molecule has 0 saturated carbocycles. The highest BCUT2D eigenvalue weighted by atomic mass is 16.6. The Morgan fingerprint density at radius 1 is 0.810 bits per heavy atom. The van der Waals surface area contributed by atoms with E-state index in [4.69, 9.17) is 14.2 Å². The topological polar surface area (TPSA) is 48.0 Å². The van der Waals surface area contributed by atoms with Crippen molar-refractivity contribution >= 4 is 6.09 Å². The van der Waals surface area contributed by atoms with Crippen LogP contribution in [0.5, 0.6) is 11.5 Å². The van der Waals surface area contributed by atoms with E-state index in [1.807, 2.05) is 39.0 Å². The third-order valence-electron chi connectivity index (χ3n) is 8.09. The van der Waals surface area contributed by atoms with Crippen LogP contribution in [0, 0.1) is 0 Å². The zero-order valence-electron chi connectivity index (χ0n) is 24.7. The van der Waals surface area contributed by atoms with Crippen LogP contribution in [0.3, 0.4) is 0 Å². The number of amides is 1. The standard InChI is InChI=1S/C37H39NO4/c1-37(2,3)42-36(39)38-23-32(24-38)41-30-17-14-28(15-18-30)35-33(27-12-8-5-9-13-27)20-16-29-22-31(19-21-34(29)35)40-25-26-10-6-4-7-11-26/h4-15,17-19,21-22,32-33,35H,16,20,23-25H2,1-3H3/t33?,35-/m0/s1. The number of aryl methyl sites for hydroxylation is 1. The summed E-state index contributed by atoms with van der Waals surface area (Å²) in [6, 6.07) is 36.3. The largest absolute Gasteiger partial charge is 0.489 e. The second-order valence-corrected chi connectivity index (χ2v) is 12.4. The summed E-state index contributed by atoms with van der Waals surface area (Å²) in [6.07, 6.45) is 1.79. The molecule has 0 radical (unpaired) electrons. The van der Waals surface area contributed by atoms with Crippen LogP contribution >= 0.6 is 0 Å². The minimum atomic E-state index is -0.495. The summed E-state index contributed by atoms with van der Waals surface area (Å²) in [7, 11) is 0. The Kier molecular flexibility index (Phi) is 7.92. The lowest BCUT2D eigenvalue weighted by Crippen LogP contribution is -2.57. The van der Waals surface area contributed by atoms with E-state index in [2.05, 4.69) is 84.9 Å². The van der Waals surface area contributed by atoms with Crippen molar-refractivity contribution in [3.63, 3.8) is 0 Å². The summed E-state index contributed by atoms with van der Waals surface area (Å²) in [4.78, 5) is 14.0. The van der Waals surface area contributed by atoms with Crippen molar-refractivity contribution in [3.05, 3.63) is 131 Å². The van der Waals surface area contributed by atoms with Crippen LogP contribution in [-0.4, -0.2) is 35.8 Å². The van der Waals surface area contributed by atoms with Crippen molar-refractivity contribution in [1.29, 1.82) is 0 Å². The molecule has 4 aromatic carbocycles. The molecular weight excluding hydrogens is 522 g/mol. The van der Waals surface area contributed by atoms with Gasteiger partial charge in [0.25, 0.3) is 0 Å². The second-order valence-electron chi connectivity index (χ2n) is 12.4. The van der Waals surface area contributed by atoms with Crippen LogP contribution in [0.2, 0.25) is 0 Å². The molecule has 1 fully saturated rings. The fraction of sp³-hybridized carbons (Fsp3) is 0.324. The Morgan fingerprint density at radius 3 is 2.17 bits per heavy atom. The molecule has 1 heterocycles. The molecule has 5 nitrogen and oxygen atoms in total. The van der Waals surface area contributed by atoms with Crippen LogP contribution in [0.4, 0.5) is 4.79 Å². The minimum Gasteiger partial charge on any atom is -0.489 e. The maximum Gasteiger partial charge on any atom is 0.410 e. The molecule has 42 heavy (non-hydrogen) atoms. The van der Waals surface area contributed by atoms with Crippen molar-refractivity contribution < 1.29 is 19.0 Å². The monoisotopic (exact) mass is 561 g/mol. The second kappa shape index (κ2) is 11.9. The van der Waals surface area contributed by atoms with E-state index < -0.39 is 5.60 Å². The van der Waals surface area contributed by atoms with Crippen LogP contribution in [0.1, 0.15) is 66.8 Å². The first kappa shape index (κ1) is 27.9. The van der Waals surface area contributed by atoms with Gasteiger partial charge in [0, 0.05) is 5.92 Å². The van der Waals surface area contributed by atoms with E-state index >= 15 is 0 Å². The third kappa shape index (κ3) is 6.46. The Balaban J connectivity index is 1.18. The molecule has 0 aromatic heterocycles. The average molecular weight is 562 g/mol.